The molecular formula is C14H13F4NO5. The van der Waals surface area contributed by atoms with Crippen molar-refractivity contribution < 1.29 is 41.4 Å². The van der Waals surface area contributed by atoms with E-state index in [1.54, 1.807) is 5.32 Å². The topological polar surface area (TPSA) is 73.9 Å². The van der Waals surface area contributed by atoms with Crippen LogP contribution in [0.3, 0.4) is 0 Å². The predicted octanol–water partition coefficient (Wildman–Crippen LogP) is 2.47. The van der Waals surface area contributed by atoms with Crippen LogP contribution in [0.25, 0.3) is 0 Å². The van der Waals surface area contributed by atoms with E-state index in [0.717, 1.165) is 19.2 Å². The largest absolute Gasteiger partial charge is 0.490 e. The number of carbonyl (C=O) groups excluding carboxylic acids is 2. The van der Waals surface area contributed by atoms with Crippen molar-refractivity contribution in [3.8, 4) is 11.5 Å². The van der Waals surface area contributed by atoms with E-state index in [4.69, 9.17) is 9.47 Å². The van der Waals surface area contributed by atoms with Gasteiger partial charge in [-0.25, -0.2) is 9.18 Å². The summed E-state index contributed by atoms with van der Waals surface area (Å²) in [5, 5.41) is 1.73. The molecule has 132 valence electrons. The number of benzene rings is 1. The lowest BCUT2D eigenvalue weighted by Crippen LogP contribution is -2.37. The van der Waals surface area contributed by atoms with Gasteiger partial charge < -0.3 is 19.5 Å². The summed E-state index contributed by atoms with van der Waals surface area (Å²) in [6.07, 6.45) is -8.55. The molecule has 1 aliphatic heterocycles. The van der Waals surface area contributed by atoms with Gasteiger partial charge in [-0.2, -0.15) is 13.2 Å². The molecule has 1 aromatic rings. The second-order valence-electron chi connectivity index (χ2n) is 4.78. The third-order valence-corrected chi connectivity index (χ3v) is 3.07. The normalized spacial score (nSPS) is 15.2. The zero-order chi connectivity index (χ0) is 17.9. The molecule has 1 unspecified atom stereocenters. The lowest BCUT2D eigenvalue weighted by molar-refractivity contribution is -0.183. The van der Waals surface area contributed by atoms with Gasteiger partial charge in [-0.1, -0.05) is 0 Å². The SMILES string of the molecule is COC(=O)c1cc2c(cc1NC(=O)C(F)C(F)(F)F)OCCCO2. The number of amides is 1. The van der Waals surface area contributed by atoms with Crippen LogP contribution in [0.4, 0.5) is 23.2 Å². The standard InChI is InChI=1S/C14H13F4NO5/c1-22-13(21)7-5-9-10(24-4-2-3-23-9)6-8(7)19-12(20)11(15)14(16,17)18/h5-6,11H,2-4H2,1H3,(H,19,20). The zero-order valence-corrected chi connectivity index (χ0v) is 12.4. The van der Waals surface area contributed by atoms with Crippen LogP contribution in [0.2, 0.25) is 0 Å². The first-order valence-corrected chi connectivity index (χ1v) is 6.77. The van der Waals surface area contributed by atoms with Gasteiger partial charge in [0.25, 0.3) is 12.1 Å². The van der Waals surface area contributed by atoms with Gasteiger partial charge in [0.05, 0.1) is 31.6 Å². The maximum atomic E-state index is 13.1. The first-order valence-electron chi connectivity index (χ1n) is 6.77. The first kappa shape index (κ1) is 17.8. The molecule has 1 atom stereocenters. The number of hydrogen-bond acceptors (Lipinski definition) is 5. The number of fused-ring (bicyclic) bond motifs is 1. The maximum absolute atomic E-state index is 13.1. The smallest absolute Gasteiger partial charge is 0.428 e. The van der Waals surface area contributed by atoms with Gasteiger partial charge in [-0.15, -0.1) is 0 Å². The first-order chi connectivity index (χ1) is 11.2. The molecule has 0 saturated carbocycles. The van der Waals surface area contributed by atoms with Crippen LogP contribution in [-0.2, 0) is 9.53 Å². The predicted molar refractivity (Wildman–Crippen MR) is 73.0 cm³/mol. The average molecular weight is 351 g/mol. The molecule has 1 aliphatic rings. The molecule has 0 radical (unpaired) electrons. The second kappa shape index (κ2) is 6.93. The molecule has 1 amide bonds. The summed E-state index contributed by atoms with van der Waals surface area (Å²) in [4.78, 5) is 23.2. The Morgan fingerprint density at radius 1 is 1.21 bits per heavy atom. The number of rotatable bonds is 3. The Bertz CT molecular complexity index is 647. The van der Waals surface area contributed by atoms with Crippen LogP contribution < -0.4 is 14.8 Å². The van der Waals surface area contributed by atoms with E-state index >= 15 is 0 Å². The van der Waals surface area contributed by atoms with Crippen molar-refractivity contribution >= 4 is 17.6 Å². The fourth-order valence-electron chi connectivity index (χ4n) is 1.94. The van der Waals surface area contributed by atoms with Crippen molar-refractivity contribution in [1.82, 2.24) is 0 Å². The van der Waals surface area contributed by atoms with E-state index in [1.807, 2.05) is 0 Å². The van der Waals surface area contributed by atoms with Crippen LogP contribution in [0.15, 0.2) is 12.1 Å². The lowest BCUT2D eigenvalue weighted by atomic mass is 10.1. The minimum absolute atomic E-state index is 0.109. The summed E-state index contributed by atoms with van der Waals surface area (Å²) in [6, 6.07) is 2.25. The van der Waals surface area contributed by atoms with E-state index in [9.17, 15) is 27.2 Å². The zero-order valence-electron chi connectivity index (χ0n) is 12.4. The molecule has 1 N–H and O–H groups in total. The highest BCUT2D eigenvalue weighted by molar-refractivity contribution is 6.03. The molecule has 1 heterocycles. The minimum Gasteiger partial charge on any atom is -0.490 e. The van der Waals surface area contributed by atoms with Gasteiger partial charge in [0.1, 0.15) is 0 Å². The summed E-state index contributed by atoms with van der Waals surface area (Å²) in [5.41, 5.74) is -0.660. The third-order valence-electron chi connectivity index (χ3n) is 3.07. The summed E-state index contributed by atoms with van der Waals surface area (Å²) in [7, 11) is 1.05. The van der Waals surface area contributed by atoms with E-state index < -0.39 is 24.2 Å². The highest BCUT2D eigenvalue weighted by Gasteiger charge is 2.45. The summed E-state index contributed by atoms with van der Waals surface area (Å²) in [5.74, 6) is -2.62. The number of nitrogens with one attached hydrogen (secondary N) is 1. The van der Waals surface area contributed by atoms with Gasteiger partial charge in [-0.3, -0.25) is 4.79 Å². The molecular weight excluding hydrogens is 338 g/mol. The molecule has 6 nitrogen and oxygen atoms in total. The molecule has 0 bridgehead atoms. The lowest BCUT2D eigenvalue weighted by Gasteiger charge is -2.16. The molecule has 0 spiro atoms. The van der Waals surface area contributed by atoms with E-state index in [0.29, 0.717) is 13.0 Å². The van der Waals surface area contributed by atoms with Crippen molar-refractivity contribution in [2.75, 3.05) is 25.6 Å². The van der Waals surface area contributed by atoms with Crippen molar-refractivity contribution in [2.45, 2.75) is 18.8 Å². The Hall–Kier alpha value is -2.52. The number of hydrogen-bond donors (Lipinski definition) is 1. The molecule has 24 heavy (non-hydrogen) atoms. The Morgan fingerprint density at radius 2 is 1.79 bits per heavy atom. The van der Waals surface area contributed by atoms with Crippen molar-refractivity contribution in [3.05, 3.63) is 17.7 Å². The number of carbonyl (C=O) groups is 2. The third kappa shape index (κ3) is 3.87. The van der Waals surface area contributed by atoms with Gasteiger partial charge in [0.2, 0.25) is 0 Å². The van der Waals surface area contributed by atoms with Gasteiger partial charge in [-0.05, 0) is 0 Å². The highest BCUT2D eigenvalue weighted by atomic mass is 19.4. The number of alkyl halides is 4. The highest BCUT2D eigenvalue weighted by Crippen LogP contribution is 2.36. The Balaban J connectivity index is 2.38. The summed E-state index contributed by atoms with van der Waals surface area (Å²) in [6.45, 7) is 0.576. The molecule has 0 aliphatic carbocycles. The number of anilines is 1. The number of ether oxygens (including phenoxy) is 3. The van der Waals surface area contributed by atoms with Crippen molar-refractivity contribution in [1.29, 1.82) is 0 Å². The molecule has 0 fully saturated rings. The Kier molecular flexibility index (Phi) is 5.15. The Morgan fingerprint density at radius 3 is 2.33 bits per heavy atom. The molecule has 1 aromatic carbocycles. The van der Waals surface area contributed by atoms with Crippen LogP contribution in [0, 0.1) is 0 Å². The fourth-order valence-corrected chi connectivity index (χ4v) is 1.94. The number of esters is 1. The Labute approximate surface area is 133 Å². The quantitative estimate of drug-likeness (QED) is 0.669. The molecule has 0 saturated heterocycles. The number of halogens is 4. The molecule has 2 rings (SSSR count). The van der Waals surface area contributed by atoms with Crippen LogP contribution in [0.5, 0.6) is 11.5 Å². The maximum Gasteiger partial charge on any atom is 0.428 e. The fraction of sp³-hybridized carbons (Fsp3) is 0.429. The summed E-state index contributed by atoms with van der Waals surface area (Å²) < 4.78 is 65.1. The van der Waals surface area contributed by atoms with Gasteiger partial charge in [0, 0.05) is 18.6 Å². The van der Waals surface area contributed by atoms with E-state index in [1.165, 1.54) is 0 Å². The summed E-state index contributed by atoms with van der Waals surface area (Å²) >= 11 is 0. The average Bonchev–Trinajstić information content (AvgIpc) is 2.76. The van der Waals surface area contributed by atoms with Gasteiger partial charge >= 0.3 is 12.1 Å². The van der Waals surface area contributed by atoms with Crippen LogP contribution in [-0.4, -0.2) is 44.5 Å². The second-order valence-corrected chi connectivity index (χ2v) is 4.78. The van der Waals surface area contributed by atoms with E-state index in [-0.39, 0.29) is 29.4 Å². The van der Waals surface area contributed by atoms with Crippen LogP contribution >= 0.6 is 0 Å². The van der Waals surface area contributed by atoms with Crippen molar-refractivity contribution in [2.24, 2.45) is 0 Å². The van der Waals surface area contributed by atoms with E-state index in [2.05, 4.69) is 4.74 Å². The number of methoxy groups -OCH3 is 1. The molecule has 10 heteroatoms. The van der Waals surface area contributed by atoms with Crippen LogP contribution in [0.1, 0.15) is 16.8 Å². The van der Waals surface area contributed by atoms with Crippen molar-refractivity contribution in [3.63, 3.8) is 0 Å². The minimum atomic E-state index is -5.36. The van der Waals surface area contributed by atoms with Gasteiger partial charge in [0.15, 0.2) is 11.5 Å². The monoisotopic (exact) mass is 351 g/mol. The molecule has 0 aromatic heterocycles.